The minimum absolute atomic E-state index is 0.387. The van der Waals surface area contributed by atoms with Crippen molar-refractivity contribution in [3.8, 4) is 0 Å². The van der Waals surface area contributed by atoms with E-state index in [2.05, 4.69) is 38.6 Å². The van der Waals surface area contributed by atoms with Gasteiger partial charge < -0.3 is 4.57 Å². The first-order valence-electron chi connectivity index (χ1n) is 6.47. The van der Waals surface area contributed by atoms with E-state index in [1.54, 1.807) is 6.20 Å². The van der Waals surface area contributed by atoms with Crippen LogP contribution in [0.4, 0.5) is 0 Å². The first kappa shape index (κ1) is 13.1. The molecule has 3 rings (SSSR count). The number of nitrogens with zero attached hydrogens (tertiary/aromatic N) is 4. The van der Waals surface area contributed by atoms with Gasteiger partial charge in [-0.2, -0.15) is 0 Å². The average Bonchev–Trinajstić information content (AvgIpc) is 2.76. The van der Waals surface area contributed by atoms with E-state index >= 15 is 0 Å². The van der Waals surface area contributed by atoms with Crippen molar-refractivity contribution in [3.63, 3.8) is 0 Å². The van der Waals surface area contributed by atoms with E-state index in [-0.39, 0.29) is 0 Å². The van der Waals surface area contributed by atoms with Crippen LogP contribution in [0.2, 0.25) is 0 Å². The fourth-order valence-corrected chi connectivity index (χ4v) is 2.52. The van der Waals surface area contributed by atoms with Crippen LogP contribution in [-0.4, -0.2) is 19.5 Å². The third-order valence-corrected chi connectivity index (χ3v) is 3.50. The van der Waals surface area contributed by atoms with Crippen molar-refractivity contribution in [2.75, 3.05) is 0 Å². The van der Waals surface area contributed by atoms with Gasteiger partial charge >= 0.3 is 0 Å². The number of alkyl halides is 1. The molecule has 20 heavy (non-hydrogen) atoms. The molecule has 3 aromatic rings. The molecule has 2 aromatic heterocycles. The number of hydrogen-bond donors (Lipinski definition) is 0. The van der Waals surface area contributed by atoms with Crippen LogP contribution in [0.25, 0.3) is 11.0 Å². The van der Waals surface area contributed by atoms with Gasteiger partial charge in [-0.1, -0.05) is 6.07 Å². The lowest BCUT2D eigenvalue weighted by atomic mass is 10.2. The molecule has 5 heteroatoms. The Bertz CT molecular complexity index is 764. The summed E-state index contributed by atoms with van der Waals surface area (Å²) in [6.07, 6.45) is 1.78. The zero-order chi connectivity index (χ0) is 14.1. The van der Waals surface area contributed by atoms with Gasteiger partial charge in [0.05, 0.1) is 29.2 Å². The number of hydrogen-bond acceptors (Lipinski definition) is 3. The number of fused-ring (bicyclic) bond motifs is 1. The summed E-state index contributed by atoms with van der Waals surface area (Å²) >= 11 is 6.02. The van der Waals surface area contributed by atoms with Gasteiger partial charge in [0.1, 0.15) is 11.6 Å². The number of aryl methyl sites for hydroxylation is 2. The zero-order valence-electron chi connectivity index (χ0n) is 11.5. The smallest absolute Gasteiger partial charge is 0.125 e. The Morgan fingerprint density at radius 2 is 2.00 bits per heavy atom. The number of rotatable bonds is 3. The predicted octanol–water partition coefficient (Wildman–Crippen LogP) is 3.23. The Kier molecular flexibility index (Phi) is 3.40. The first-order chi connectivity index (χ1) is 9.67. The van der Waals surface area contributed by atoms with Crippen LogP contribution >= 0.6 is 11.6 Å². The summed E-state index contributed by atoms with van der Waals surface area (Å²) in [7, 11) is 0. The Morgan fingerprint density at radius 3 is 2.75 bits per heavy atom. The summed E-state index contributed by atoms with van der Waals surface area (Å²) in [6.45, 7) is 4.62. The Balaban J connectivity index is 2.11. The normalized spacial score (nSPS) is 11.2. The largest absolute Gasteiger partial charge is 0.321 e. The highest BCUT2D eigenvalue weighted by Crippen LogP contribution is 2.20. The minimum atomic E-state index is 0.387. The number of imidazole rings is 1. The van der Waals surface area contributed by atoms with Crippen molar-refractivity contribution in [1.82, 2.24) is 19.5 Å². The third kappa shape index (κ3) is 2.39. The van der Waals surface area contributed by atoms with E-state index < -0.39 is 0 Å². The summed E-state index contributed by atoms with van der Waals surface area (Å²) in [5.41, 5.74) is 4.23. The summed E-state index contributed by atoms with van der Waals surface area (Å²) in [6, 6.07) is 8.15. The van der Waals surface area contributed by atoms with E-state index in [9.17, 15) is 0 Å². The quantitative estimate of drug-likeness (QED) is 0.694. The molecule has 0 N–H and O–H groups in total. The van der Waals surface area contributed by atoms with Gasteiger partial charge in [-0.3, -0.25) is 0 Å². The van der Waals surface area contributed by atoms with Crippen molar-refractivity contribution in [2.45, 2.75) is 26.3 Å². The first-order valence-corrected chi connectivity index (χ1v) is 7.01. The standard InChI is InChI=1S/C15H15ClN4/c1-10-3-4-13-14(7-10)20(15(8-16)19-13)9-12-5-6-17-11(2)18-12/h3-7H,8-9H2,1-2H3. The van der Waals surface area contributed by atoms with Crippen molar-refractivity contribution in [3.05, 3.63) is 53.4 Å². The number of benzene rings is 1. The summed E-state index contributed by atoms with van der Waals surface area (Å²) < 4.78 is 2.12. The van der Waals surface area contributed by atoms with Gasteiger partial charge in [0.25, 0.3) is 0 Å². The molecule has 0 aliphatic rings. The van der Waals surface area contributed by atoms with Crippen LogP contribution in [0.15, 0.2) is 30.5 Å². The van der Waals surface area contributed by atoms with Gasteiger partial charge in [-0.15, -0.1) is 11.6 Å². The van der Waals surface area contributed by atoms with Crippen LogP contribution in [-0.2, 0) is 12.4 Å². The summed E-state index contributed by atoms with van der Waals surface area (Å²) in [4.78, 5) is 13.2. The molecule has 0 radical (unpaired) electrons. The number of aromatic nitrogens is 4. The zero-order valence-corrected chi connectivity index (χ0v) is 12.2. The molecule has 0 unspecified atom stereocenters. The molecule has 0 atom stereocenters. The molecular weight excluding hydrogens is 272 g/mol. The maximum atomic E-state index is 6.02. The number of halogens is 1. The van der Waals surface area contributed by atoms with Crippen LogP contribution in [0.5, 0.6) is 0 Å². The Hall–Kier alpha value is -1.94. The molecule has 1 aromatic carbocycles. The highest BCUT2D eigenvalue weighted by atomic mass is 35.5. The summed E-state index contributed by atoms with van der Waals surface area (Å²) in [5, 5.41) is 0. The lowest BCUT2D eigenvalue weighted by molar-refractivity contribution is 0.749. The third-order valence-electron chi connectivity index (χ3n) is 3.26. The monoisotopic (exact) mass is 286 g/mol. The maximum absolute atomic E-state index is 6.02. The highest BCUT2D eigenvalue weighted by molar-refractivity contribution is 6.16. The van der Waals surface area contributed by atoms with Crippen LogP contribution in [0.1, 0.15) is 22.9 Å². The SMILES string of the molecule is Cc1ccc2nc(CCl)n(Cc3ccnc(C)n3)c2c1. The van der Waals surface area contributed by atoms with E-state index in [0.717, 1.165) is 28.4 Å². The molecule has 102 valence electrons. The fraction of sp³-hybridized carbons (Fsp3) is 0.267. The predicted molar refractivity (Wildman–Crippen MR) is 79.9 cm³/mol. The fourth-order valence-electron chi connectivity index (χ4n) is 2.32. The molecule has 0 aliphatic heterocycles. The molecule has 2 heterocycles. The molecule has 0 fully saturated rings. The second-order valence-electron chi connectivity index (χ2n) is 4.84. The van der Waals surface area contributed by atoms with E-state index in [1.807, 2.05) is 19.1 Å². The maximum Gasteiger partial charge on any atom is 0.125 e. The van der Waals surface area contributed by atoms with E-state index in [4.69, 9.17) is 11.6 Å². The van der Waals surface area contributed by atoms with Gasteiger partial charge in [0.15, 0.2) is 0 Å². The molecule has 4 nitrogen and oxygen atoms in total. The van der Waals surface area contributed by atoms with Crippen LogP contribution in [0.3, 0.4) is 0 Å². The van der Waals surface area contributed by atoms with E-state index in [1.165, 1.54) is 5.56 Å². The molecule has 0 amide bonds. The molecule has 0 spiro atoms. The van der Waals surface area contributed by atoms with Gasteiger partial charge in [-0.05, 0) is 37.6 Å². The Labute approximate surface area is 122 Å². The van der Waals surface area contributed by atoms with Gasteiger partial charge in [-0.25, -0.2) is 15.0 Å². The topological polar surface area (TPSA) is 43.6 Å². The van der Waals surface area contributed by atoms with Gasteiger partial charge in [0, 0.05) is 6.20 Å². The minimum Gasteiger partial charge on any atom is -0.321 e. The second kappa shape index (κ2) is 5.21. The molecule has 0 bridgehead atoms. The van der Waals surface area contributed by atoms with Crippen molar-refractivity contribution in [2.24, 2.45) is 0 Å². The highest BCUT2D eigenvalue weighted by Gasteiger charge is 2.11. The Morgan fingerprint density at radius 1 is 1.15 bits per heavy atom. The molecular formula is C15H15ClN4. The van der Waals surface area contributed by atoms with Crippen LogP contribution in [0, 0.1) is 13.8 Å². The van der Waals surface area contributed by atoms with Crippen molar-refractivity contribution < 1.29 is 0 Å². The van der Waals surface area contributed by atoms with Gasteiger partial charge in [0.2, 0.25) is 0 Å². The van der Waals surface area contributed by atoms with E-state index in [0.29, 0.717) is 12.4 Å². The molecule has 0 saturated carbocycles. The van der Waals surface area contributed by atoms with Crippen LogP contribution < -0.4 is 0 Å². The molecule has 0 saturated heterocycles. The average molecular weight is 287 g/mol. The molecule has 0 aliphatic carbocycles. The van der Waals surface area contributed by atoms with Crippen molar-refractivity contribution >= 4 is 22.6 Å². The summed E-state index contributed by atoms with van der Waals surface area (Å²) in [5.74, 6) is 2.02. The van der Waals surface area contributed by atoms with Crippen molar-refractivity contribution in [1.29, 1.82) is 0 Å². The lowest BCUT2D eigenvalue weighted by Crippen LogP contribution is -2.06. The second-order valence-corrected chi connectivity index (χ2v) is 5.10. The lowest BCUT2D eigenvalue weighted by Gasteiger charge is -2.08.